The average Bonchev–Trinajstić information content (AvgIpc) is 3.24. The standard InChI is InChI=1S/C26H31N3O4S/c1-20-7-3-4-8-22(20)19-28-12-6-13-29(15-14-28)26(30)25-17-24(11-10-21(25)2)34(31,32)27-18-23-9-5-16-33-23/h3-5,7-11,16-17,27H,6,12-15,18-19H2,1-2H3. The number of hydrogen-bond donors (Lipinski definition) is 1. The molecule has 3 aromatic rings. The van der Waals surface area contributed by atoms with Gasteiger partial charge in [-0.1, -0.05) is 30.3 Å². The van der Waals surface area contributed by atoms with Crippen LogP contribution in [0, 0.1) is 13.8 Å². The number of furan rings is 1. The van der Waals surface area contributed by atoms with Crippen LogP contribution in [0.5, 0.6) is 0 Å². The van der Waals surface area contributed by atoms with Gasteiger partial charge in [-0.25, -0.2) is 13.1 Å². The first-order valence-corrected chi connectivity index (χ1v) is 13.0. The molecule has 1 amide bonds. The molecule has 1 saturated heterocycles. The van der Waals surface area contributed by atoms with Crippen molar-refractivity contribution < 1.29 is 17.6 Å². The van der Waals surface area contributed by atoms with Crippen molar-refractivity contribution in [3.05, 3.63) is 88.9 Å². The van der Waals surface area contributed by atoms with Gasteiger partial charge in [0.25, 0.3) is 5.91 Å². The van der Waals surface area contributed by atoms with E-state index in [4.69, 9.17) is 4.42 Å². The molecular weight excluding hydrogens is 450 g/mol. The van der Waals surface area contributed by atoms with Crippen LogP contribution in [0.4, 0.5) is 0 Å². The molecule has 0 saturated carbocycles. The first kappa shape index (κ1) is 24.2. The molecule has 0 bridgehead atoms. The van der Waals surface area contributed by atoms with E-state index in [9.17, 15) is 13.2 Å². The second-order valence-corrected chi connectivity index (χ2v) is 10.5. The molecule has 2 heterocycles. The number of hydrogen-bond acceptors (Lipinski definition) is 5. The Hall–Kier alpha value is -2.94. The van der Waals surface area contributed by atoms with E-state index in [0.717, 1.165) is 31.6 Å². The van der Waals surface area contributed by atoms with Gasteiger partial charge in [-0.15, -0.1) is 0 Å². The second-order valence-electron chi connectivity index (χ2n) is 8.73. The summed E-state index contributed by atoms with van der Waals surface area (Å²) in [6.07, 6.45) is 2.37. The predicted molar refractivity (Wildman–Crippen MR) is 131 cm³/mol. The van der Waals surface area contributed by atoms with Gasteiger partial charge >= 0.3 is 0 Å². The van der Waals surface area contributed by atoms with Gasteiger partial charge < -0.3 is 9.32 Å². The molecule has 7 nitrogen and oxygen atoms in total. The first-order valence-electron chi connectivity index (χ1n) is 11.5. The SMILES string of the molecule is Cc1ccccc1CN1CCCN(C(=O)c2cc(S(=O)(=O)NCc3ccco3)ccc2C)CC1. The van der Waals surface area contributed by atoms with Gasteiger partial charge in [0.2, 0.25) is 10.0 Å². The molecule has 0 spiro atoms. The van der Waals surface area contributed by atoms with Crippen LogP contribution in [-0.4, -0.2) is 50.3 Å². The number of carbonyl (C=O) groups is 1. The third kappa shape index (κ3) is 5.75. The Morgan fingerprint density at radius 2 is 1.79 bits per heavy atom. The van der Waals surface area contributed by atoms with Crippen LogP contribution in [0.15, 0.2) is 70.2 Å². The Bertz CT molecular complexity index is 1240. The van der Waals surface area contributed by atoms with Gasteiger partial charge in [0.1, 0.15) is 5.76 Å². The maximum absolute atomic E-state index is 13.4. The van der Waals surface area contributed by atoms with E-state index in [1.165, 1.54) is 29.5 Å². The third-order valence-electron chi connectivity index (χ3n) is 6.30. The minimum absolute atomic E-state index is 0.0509. The fraction of sp³-hybridized carbons (Fsp3) is 0.346. The highest BCUT2D eigenvalue weighted by atomic mass is 32.2. The molecule has 2 aromatic carbocycles. The zero-order valence-corrected chi connectivity index (χ0v) is 20.5. The summed E-state index contributed by atoms with van der Waals surface area (Å²) in [5, 5.41) is 0. The van der Waals surface area contributed by atoms with E-state index < -0.39 is 10.0 Å². The molecule has 34 heavy (non-hydrogen) atoms. The van der Waals surface area contributed by atoms with Crippen molar-refractivity contribution in [3.63, 3.8) is 0 Å². The minimum Gasteiger partial charge on any atom is -0.468 e. The van der Waals surface area contributed by atoms with Gasteiger partial charge in [-0.2, -0.15) is 0 Å². The number of benzene rings is 2. The van der Waals surface area contributed by atoms with Crippen molar-refractivity contribution >= 4 is 15.9 Å². The second kappa shape index (κ2) is 10.5. The normalized spacial score (nSPS) is 15.3. The van der Waals surface area contributed by atoms with E-state index in [-0.39, 0.29) is 17.3 Å². The van der Waals surface area contributed by atoms with Crippen LogP contribution < -0.4 is 4.72 Å². The summed E-state index contributed by atoms with van der Waals surface area (Å²) in [6.45, 7) is 7.83. The lowest BCUT2D eigenvalue weighted by Gasteiger charge is -2.23. The Labute approximate surface area is 201 Å². The molecule has 180 valence electrons. The zero-order valence-electron chi connectivity index (χ0n) is 19.7. The smallest absolute Gasteiger partial charge is 0.254 e. The summed E-state index contributed by atoms with van der Waals surface area (Å²) < 4.78 is 33.3. The quantitative estimate of drug-likeness (QED) is 0.556. The maximum atomic E-state index is 13.4. The Balaban J connectivity index is 1.44. The maximum Gasteiger partial charge on any atom is 0.254 e. The molecule has 1 N–H and O–H groups in total. The molecule has 1 aliphatic heterocycles. The molecule has 0 radical (unpaired) electrons. The number of nitrogens with zero attached hydrogens (tertiary/aromatic N) is 2. The Morgan fingerprint density at radius 3 is 2.56 bits per heavy atom. The van der Waals surface area contributed by atoms with Crippen molar-refractivity contribution in [2.75, 3.05) is 26.2 Å². The van der Waals surface area contributed by atoms with Crippen LogP contribution in [0.25, 0.3) is 0 Å². The van der Waals surface area contributed by atoms with Gasteiger partial charge in [0.05, 0.1) is 17.7 Å². The van der Waals surface area contributed by atoms with E-state index in [2.05, 4.69) is 34.7 Å². The molecule has 0 atom stereocenters. The van der Waals surface area contributed by atoms with Crippen LogP contribution in [0.1, 0.15) is 39.2 Å². The molecule has 0 aliphatic carbocycles. The molecular formula is C26H31N3O4S. The molecule has 4 rings (SSSR count). The molecule has 1 aromatic heterocycles. The van der Waals surface area contributed by atoms with E-state index in [1.54, 1.807) is 18.2 Å². The van der Waals surface area contributed by atoms with Gasteiger partial charge in [-0.3, -0.25) is 9.69 Å². The number of amides is 1. The lowest BCUT2D eigenvalue weighted by Crippen LogP contribution is -2.35. The van der Waals surface area contributed by atoms with Crippen molar-refractivity contribution in [2.45, 2.75) is 38.3 Å². The number of rotatable bonds is 7. The number of carbonyl (C=O) groups excluding carboxylic acids is 1. The highest BCUT2D eigenvalue weighted by molar-refractivity contribution is 7.89. The number of aryl methyl sites for hydroxylation is 2. The van der Waals surface area contributed by atoms with Gasteiger partial charge in [0, 0.05) is 38.3 Å². The average molecular weight is 482 g/mol. The molecule has 1 fully saturated rings. The van der Waals surface area contributed by atoms with Crippen molar-refractivity contribution in [2.24, 2.45) is 0 Å². The van der Waals surface area contributed by atoms with Gasteiger partial charge in [-0.05, 0) is 61.2 Å². The Kier molecular flexibility index (Phi) is 7.50. The highest BCUT2D eigenvalue weighted by Gasteiger charge is 2.24. The third-order valence-corrected chi connectivity index (χ3v) is 7.70. The van der Waals surface area contributed by atoms with E-state index >= 15 is 0 Å². The number of nitrogens with one attached hydrogen (secondary N) is 1. The highest BCUT2D eigenvalue weighted by Crippen LogP contribution is 2.20. The largest absolute Gasteiger partial charge is 0.468 e. The number of sulfonamides is 1. The first-order chi connectivity index (χ1) is 16.3. The summed E-state index contributed by atoms with van der Waals surface area (Å²) in [7, 11) is -3.78. The van der Waals surface area contributed by atoms with Crippen molar-refractivity contribution in [1.82, 2.24) is 14.5 Å². The summed E-state index contributed by atoms with van der Waals surface area (Å²) >= 11 is 0. The van der Waals surface area contributed by atoms with Crippen molar-refractivity contribution in [3.8, 4) is 0 Å². The monoisotopic (exact) mass is 481 g/mol. The summed E-state index contributed by atoms with van der Waals surface area (Å²) in [4.78, 5) is 17.7. The van der Waals surface area contributed by atoms with Crippen LogP contribution >= 0.6 is 0 Å². The molecule has 1 aliphatic rings. The predicted octanol–water partition coefficient (Wildman–Crippen LogP) is 3.72. The fourth-order valence-electron chi connectivity index (χ4n) is 4.19. The lowest BCUT2D eigenvalue weighted by molar-refractivity contribution is 0.0760. The Morgan fingerprint density at radius 1 is 0.971 bits per heavy atom. The van der Waals surface area contributed by atoms with E-state index in [1.807, 2.05) is 17.9 Å². The molecule has 8 heteroatoms. The van der Waals surface area contributed by atoms with Crippen LogP contribution in [0.3, 0.4) is 0 Å². The van der Waals surface area contributed by atoms with Crippen LogP contribution in [-0.2, 0) is 23.1 Å². The zero-order chi connectivity index (χ0) is 24.1. The topological polar surface area (TPSA) is 82.9 Å². The lowest BCUT2D eigenvalue weighted by atomic mass is 10.1. The van der Waals surface area contributed by atoms with Crippen molar-refractivity contribution in [1.29, 1.82) is 0 Å². The summed E-state index contributed by atoms with van der Waals surface area (Å²) in [6, 6.07) is 16.5. The van der Waals surface area contributed by atoms with E-state index in [0.29, 0.717) is 24.4 Å². The molecule has 0 unspecified atom stereocenters. The summed E-state index contributed by atoms with van der Waals surface area (Å²) in [5.41, 5.74) is 3.76. The van der Waals surface area contributed by atoms with Gasteiger partial charge in [0.15, 0.2) is 0 Å². The fourth-order valence-corrected chi connectivity index (χ4v) is 5.21. The summed E-state index contributed by atoms with van der Waals surface area (Å²) in [5.74, 6) is 0.394. The minimum atomic E-state index is -3.78. The van der Waals surface area contributed by atoms with Crippen LogP contribution in [0.2, 0.25) is 0 Å².